The molecule has 0 aromatic heterocycles. The number of likely N-dealkylation sites (tertiary alicyclic amines) is 1. The summed E-state index contributed by atoms with van der Waals surface area (Å²) in [5.41, 5.74) is -0.773. The summed E-state index contributed by atoms with van der Waals surface area (Å²) < 4.78 is 43.7. The van der Waals surface area contributed by atoms with E-state index in [0.717, 1.165) is 19.0 Å². The molecule has 1 atom stereocenters. The number of unbranched alkanes of at least 4 members (excludes halogenated alkanes) is 1. The molecule has 2 rings (SSSR count). The number of hydrogen-bond donors (Lipinski definition) is 1. The van der Waals surface area contributed by atoms with Crippen LogP contribution in [0.15, 0.2) is 24.3 Å². The van der Waals surface area contributed by atoms with Gasteiger partial charge in [0.1, 0.15) is 11.8 Å². The van der Waals surface area contributed by atoms with Crippen LogP contribution in [0.2, 0.25) is 0 Å². The molecule has 128 valence electrons. The maximum atomic E-state index is 12.8. The number of nitrogens with zero attached hydrogens (tertiary/aromatic N) is 1. The van der Waals surface area contributed by atoms with Crippen LogP contribution in [0.3, 0.4) is 0 Å². The van der Waals surface area contributed by atoms with E-state index in [9.17, 15) is 18.0 Å². The fourth-order valence-corrected chi connectivity index (χ4v) is 2.80. The fourth-order valence-electron chi connectivity index (χ4n) is 2.80. The monoisotopic (exact) mass is 331 g/mol. The number of halogens is 3. The molecule has 0 unspecified atom stereocenters. The lowest BCUT2D eigenvalue weighted by molar-refractivity contribution is -0.142. The zero-order valence-electron chi connectivity index (χ0n) is 12.7. The van der Waals surface area contributed by atoms with Crippen LogP contribution in [0, 0.1) is 0 Å². The minimum atomic E-state index is -4.43. The molecule has 1 aromatic carbocycles. The molecule has 0 spiro atoms. The number of carbonyl (C=O) groups is 1. The zero-order chi connectivity index (χ0) is 16.9. The molecule has 1 saturated heterocycles. The van der Waals surface area contributed by atoms with Crippen LogP contribution in [-0.4, -0.2) is 41.7 Å². The van der Waals surface area contributed by atoms with Gasteiger partial charge in [-0.25, -0.2) is 0 Å². The lowest BCUT2D eigenvalue weighted by Gasteiger charge is -2.20. The molecule has 1 aliphatic heterocycles. The van der Waals surface area contributed by atoms with Gasteiger partial charge in [0.15, 0.2) is 0 Å². The molecule has 1 fully saturated rings. The molecule has 0 aliphatic carbocycles. The Morgan fingerprint density at radius 3 is 2.74 bits per heavy atom. The topological polar surface area (TPSA) is 49.8 Å². The summed E-state index contributed by atoms with van der Waals surface area (Å²) in [6.45, 7) is 1.56. The van der Waals surface area contributed by atoms with Crippen molar-refractivity contribution in [3.8, 4) is 5.75 Å². The van der Waals surface area contributed by atoms with E-state index in [4.69, 9.17) is 9.84 Å². The molecule has 1 aromatic rings. The molecule has 0 bridgehead atoms. The van der Waals surface area contributed by atoms with E-state index in [1.165, 1.54) is 18.2 Å². The molecule has 1 aliphatic rings. The smallest absolute Gasteiger partial charge is 0.419 e. The normalized spacial score (nSPS) is 19.0. The van der Waals surface area contributed by atoms with Gasteiger partial charge in [0.2, 0.25) is 0 Å². The van der Waals surface area contributed by atoms with Gasteiger partial charge in [-0.1, -0.05) is 12.1 Å². The summed E-state index contributed by atoms with van der Waals surface area (Å²) in [5, 5.41) is 9.07. The van der Waals surface area contributed by atoms with Crippen molar-refractivity contribution in [3.05, 3.63) is 29.8 Å². The molecule has 1 heterocycles. The minimum Gasteiger partial charge on any atom is -0.493 e. The number of carboxylic acids is 1. The van der Waals surface area contributed by atoms with Gasteiger partial charge in [-0.05, 0) is 50.9 Å². The summed E-state index contributed by atoms with van der Waals surface area (Å²) in [7, 11) is 0. The third kappa shape index (κ3) is 4.86. The van der Waals surface area contributed by atoms with E-state index in [2.05, 4.69) is 0 Å². The van der Waals surface area contributed by atoms with E-state index in [-0.39, 0.29) is 12.4 Å². The lowest BCUT2D eigenvalue weighted by atomic mass is 10.2. The first-order valence-corrected chi connectivity index (χ1v) is 7.65. The number of ether oxygens (including phenoxy) is 1. The Morgan fingerprint density at radius 2 is 2.04 bits per heavy atom. The first-order chi connectivity index (χ1) is 10.9. The number of alkyl halides is 3. The second kappa shape index (κ2) is 7.68. The summed E-state index contributed by atoms with van der Waals surface area (Å²) in [4.78, 5) is 13.0. The minimum absolute atomic E-state index is 0.162. The summed E-state index contributed by atoms with van der Waals surface area (Å²) >= 11 is 0. The summed E-state index contributed by atoms with van der Waals surface area (Å²) in [6, 6.07) is 4.71. The Morgan fingerprint density at radius 1 is 1.30 bits per heavy atom. The highest BCUT2D eigenvalue weighted by atomic mass is 19.4. The molecule has 4 nitrogen and oxygen atoms in total. The quantitative estimate of drug-likeness (QED) is 0.778. The van der Waals surface area contributed by atoms with E-state index in [1.54, 1.807) is 0 Å². The van der Waals surface area contributed by atoms with Gasteiger partial charge in [0.05, 0.1) is 12.2 Å². The highest BCUT2D eigenvalue weighted by molar-refractivity contribution is 5.73. The van der Waals surface area contributed by atoms with E-state index in [0.29, 0.717) is 25.8 Å². The molecule has 1 N–H and O–H groups in total. The molecule has 23 heavy (non-hydrogen) atoms. The van der Waals surface area contributed by atoms with Crippen molar-refractivity contribution >= 4 is 5.97 Å². The largest absolute Gasteiger partial charge is 0.493 e. The zero-order valence-corrected chi connectivity index (χ0v) is 12.7. The summed E-state index contributed by atoms with van der Waals surface area (Å²) in [5.74, 6) is -0.970. The van der Waals surface area contributed by atoms with Crippen molar-refractivity contribution in [1.29, 1.82) is 0 Å². The van der Waals surface area contributed by atoms with E-state index >= 15 is 0 Å². The van der Waals surface area contributed by atoms with Crippen LogP contribution in [0.4, 0.5) is 13.2 Å². The average molecular weight is 331 g/mol. The number of benzene rings is 1. The fraction of sp³-hybridized carbons (Fsp3) is 0.562. The summed E-state index contributed by atoms with van der Waals surface area (Å²) in [6.07, 6.45) is -1.63. The van der Waals surface area contributed by atoms with Gasteiger partial charge in [0.25, 0.3) is 0 Å². The Hall–Kier alpha value is -1.76. The molecule has 7 heteroatoms. The van der Waals surface area contributed by atoms with Gasteiger partial charge in [-0.3, -0.25) is 9.69 Å². The number of hydrogen-bond acceptors (Lipinski definition) is 3. The van der Waals surface area contributed by atoms with E-state index < -0.39 is 23.8 Å². The number of rotatable bonds is 7. The van der Waals surface area contributed by atoms with Crippen LogP contribution < -0.4 is 4.74 Å². The Labute approximate surface area is 132 Å². The van der Waals surface area contributed by atoms with Crippen LogP contribution in [0.5, 0.6) is 5.75 Å². The van der Waals surface area contributed by atoms with Crippen molar-refractivity contribution in [2.24, 2.45) is 0 Å². The highest BCUT2D eigenvalue weighted by Crippen LogP contribution is 2.35. The van der Waals surface area contributed by atoms with E-state index in [1.807, 2.05) is 4.90 Å². The Bertz CT molecular complexity index is 534. The first-order valence-electron chi connectivity index (χ1n) is 7.65. The molecular weight excluding hydrogens is 311 g/mol. The number of carboxylic acid groups (broad SMARTS) is 1. The maximum absolute atomic E-state index is 12.8. The average Bonchev–Trinajstić information content (AvgIpc) is 2.95. The predicted octanol–water partition coefficient (Wildman–Crippen LogP) is 3.41. The highest BCUT2D eigenvalue weighted by Gasteiger charge is 2.34. The van der Waals surface area contributed by atoms with Gasteiger partial charge >= 0.3 is 12.1 Å². The van der Waals surface area contributed by atoms with Crippen LogP contribution in [0.1, 0.15) is 31.2 Å². The van der Waals surface area contributed by atoms with Crippen molar-refractivity contribution in [2.45, 2.75) is 37.9 Å². The van der Waals surface area contributed by atoms with Gasteiger partial charge in [-0.2, -0.15) is 13.2 Å². The lowest BCUT2D eigenvalue weighted by Crippen LogP contribution is -2.36. The number of aliphatic carboxylic acids is 1. The Kier molecular flexibility index (Phi) is 5.87. The third-order valence-corrected chi connectivity index (χ3v) is 3.94. The predicted molar refractivity (Wildman–Crippen MR) is 78.4 cm³/mol. The van der Waals surface area contributed by atoms with Crippen molar-refractivity contribution in [1.82, 2.24) is 4.90 Å². The van der Waals surface area contributed by atoms with Crippen LogP contribution in [-0.2, 0) is 11.0 Å². The van der Waals surface area contributed by atoms with Crippen molar-refractivity contribution in [2.75, 3.05) is 19.7 Å². The molecule has 0 saturated carbocycles. The number of para-hydroxylation sites is 1. The molecule has 0 radical (unpaired) electrons. The second-order valence-electron chi connectivity index (χ2n) is 5.58. The van der Waals surface area contributed by atoms with Crippen molar-refractivity contribution < 1.29 is 27.8 Å². The Balaban J connectivity index is 1.75. The van der Waals surface area contributed by atoms with Crippen LogP contribution >= 0.6 is 0 Å². The van der Waals surface area contributed by atoms with Gasteiger partial charge in [0, 0.05) is 0 Å². The first kappa shape index (κ1) is 17.6. The standard InChI is InChI=1S/C16H20F3NO3/c17-16(18,19)12-6-1-2-8-14(12)23-11-4-3-9-20-10-5-7-13(20)15(21)22/h1-2,6,8,13H,3-5,7,9-11H2,(H,21,22)/t13-/m1/s1. The van der Waals surface area contributed by atoms with Crippen LogP contribution in [0.25, 0.3) is 0 Å². The maximum Gasteiger partial charge on any atom is 0.419 e. The van der Waals surface area contributed by atoms with Crippen molar-refractivity contribution in [3.63, 3.8) is 0 Å². The second-order valence-corrected chi connectivity index (χ2v) is 5.58. The SMILES string of the molecule is O=C(O)[C@H]1CCCN1CCCCOc1ccccc1C(F)(F)F. The molecular formula is C16H20F3NO3. The van der Waals surface area contributed by atoms with Gasteiger partial charge < -0.3 is 9.84 Å². The third-order valence-electron chi connectivity index (χ3n) is 3.94. The molecule has 0 amide bonds. The van der Waals surface area contributed by atoms with Gasteiger partial charge in [-0.15, -0.1) is 0 Å².